The van der Waals surface area contributed by atoms with E-state index in [9.17, 15) is 9.18 Å². The quantitative estimate of drug-likeness (QED) is 0.830. The molecule has 1 amide bonds. The fraction of sp³-hybridized carbons (Fsp3) is 0.316. The zero-order valence-electron chi connectivity index (χ0n) is 13.6. The van der Waals surface area contributed by atoms with Gasteiger partial charge in [0.2, 0.25) is 5.91 Å². The maximum Gasteiger partial charge on any atom is 0.239 e. The molecule has 0 saturated heterocycles. The van der Waals surface area contributed by atoms with Crippen molar-refractivity contribution >= 4 is 17.3 Å². The number of nitrogens with two attached hydrogens (primary N) is 1. The number of benzene rings is 2. The monoisotopic (exact) mass is 327 g/mol. The van der Waals surface area contributed by atoms with Crippen LogP contribution in [-0.2, 0) is 17.6 Å². The van der Waals surface area contributed by atoms with E-state index in [0.717, 1.165) is 41.9 Å². The Balaban J connectivity index is 1.53. The van der Waals surface area contributed by atoms with Crippen LogP contribution in [0.15, 0.2) is 42.5 Å². The molecule has 24 heavy (non-hydrogen) atoms. The molecule has 0 fully saturated rings. The van der Waals surface area contributed by atoms with Crippen LogP contribution in [0, 0.1) is 5.82 Å². The third-order valence-corrected chi connectivity index (χ3v) is 4.37. The van der Waals surface area contributed by atoms with Crippen molar-refractivity contribution in [1.29, 1.82) is 0 Å². The molecule has 5 heteroatoms. The van der Waals surface area contributed by atoms with E-state index in [2.05, 4.69) is 10.2 Å². The third kappa shape index (κ3) is 3.85. The zero-order chi connectivity index (χ0) is 16.9. The first-order chi connectivity index (χ1) is 11.6. The van der Waals surface area contributed by atoms with Gasteiger partial charge >= 0.3 is 0 Å². The number of carbonyl (C=O) groups is 1. The summed E-state index contributed by atoms with van der Waals surface area (Å²) in [5.74, 6) is -0.252. The number of halogens is 1. The molecule has 3 rings (SSSR count). The number of amides is 1. The van der Waals surface area contributed by atoms with Gasteiger partial charge in [-0.3, -0.25) is 4.79 Å². The lowest BCUT2D eigenvalue weighted by atomic mass is 10.00. The van der Waals surface area contributed by atoms with Crippen molar-refractivity contribution in [3.63, 3.8) is 0 Å². The van der Waals surface area contributed by atoms with Crippen molar-refractivity contribution in [1.82, 2.24) is 5.32 Å². The molecule has 0 atom stereocenters. The largest absolute Gasteiger partial charge is 0.398 e. The van der Waals surface area contributed by atoms with Crippen LogP contribution in [0.1, 0.15) is 17.5 Å². The number of carbonyl (C=O) groups excluding carboxylic acids is 1. The topological polar surface area (TPSA) is 58.4 Å². The smallest absolute Gasteiger partial charge is 0.239 e. The first kappa shape index (κ1) is 16.3. The van der Waals surface area contributed by atoms with Crippen LogP contribution < -0.4 is 16.0 Å². The van der Waals surface area contributed by atoms with Crippen LogP contribution in [0.25, 0.3) is 0 Å². The second kappa shape index (κ2) is 7.34. The van der Waals surface area contributed by atoms with Crippen LogP contribution >= 0.6 is 0 Å². The predicted molar refractivity (Wildman–Crippen MR) is 94.5 cm³/mol. The molecule has 126 valence electrons. The van der Waals surface area contributed by atoms with E-state index in [0.29, 0.717) is 19.5 Å². The standard InChI is InChI=1S/C19H22FN3O/c20-15-8-6-14(7-9-15)10-11-22-19(24)13-23-12-2-3-16-17(21)4-1-5-18(16)23/h1,4-9H,2-3,10-13,21H2,(H,22,24). The van der Waals surface area contributed by atoms with Crippen molar-refractivity contribution in [3.05, 3.63) is 59.4 Å². The lowest BCUT2D eigenvalue weighted by Gasteiger charge is -2.31. The van der Waals surface area contributed by atoms with Crippen LogP contribution in [0.2, 0.25) is 0 Å². The molecular formula is C19H22FN3O. The lowest BCUT2D eigenvalue weighted by molar-refractivity contribution is -0.119. The van der Waals surface area contributed by atoms with E-state index in [1.807, 2.05) is 18.2 Å². The zero-order valence-corrected chi connectivity index (χ0v) is 13.6. The number of fused-ring (bicyclic) bond motifs is 1. The maximum absolute atomic E-state index is 12.9. The van der Waals surface area contributed by atoms with Gasteiger partial charge in [-0.1, -0.05) is 18.2 Å². The van der Waals surface area contributed by atoms with E-state index in [-0.39, 0.29) is 11.7 Å². The number of anilines is 2. The molecule has 0 saturated carbocycles. The molecule has 4 nitrogen and oxygen atoms in total. The summed E-state index contributed by atoms with van der Waals surface area (Å²) in [4.78, 5) is 14.3. The summed E-state index contributed by atoms with van der Waals surface area (Å²) in [7, 11) is 0. The van der Waals surface area contributed by atoms with Gasteiger partial charge < -0.3 is 16.0 Å². The third-order valence-electron chi connectivity index (χ3n) is 4.37. The molecule has 0 spiro atoms. The van der Waals surface area contributed by atoms with Crippen molar-refractivity contribution in [3.8, 4) is 0 Å². The van der Waals surface area contributed by atoms with E-state index in [4.69, 9.17) is 5.73 Å². The Kier molecular flexibility index (Phi) is 4.99. The minimum atomic E-state index is -0.245. The van der Waals surface area contributed by atoms with Gasteiger partial charge in [0.1, 0.15) is 5.82 Å². The Labute approximate surface area is 141 Å². The summed E-state index contributed by atoms with van der Waals surface area (Å²) in [6.07, 6.45) is 2.66. The Morgan fingerprint density at radius 3 is 2.79 bits per heavy atom. The summed E-state index contributed by atoms with van der Waals surface area (Å²) in [6.45, 7) is 1.74. The number of rotatable bonds is 5. The van der Waals surface area contributed by atoms with Crippen LogP contribution in [0.4, 0.5) is 15.8 Å². The van der Waals surface area contributed by atoms with Crippen molar-refractivity contribution in [2.75, 3.05) is 30.3 Å². The van der Waals surface area contributed by atoms with Crippen LogP contribution in [0.5, 0.6) is 0 Å². The number of nitrogens with zero attached hydrogens (tertiary/aromatic N) is 1. The van der Waals surface area contributed by atoms with Crippen molar-refractivity contribution in [2.24, 2.45) is 0 Å². The number of nitrogen functional groups attached to an aromatic ring is 1. The van der Waals surface area contributed by atoms with E-state index < -0.39 is 0 Å². The Hall–Kier alpha value is -2.56. The molecular weight excluding hydrogens is 305 g/mol. The van der Waals surface area contributed by atoms with Gasteiger partial charge in [0.05, 0.1) is 6.54 Å². The van der Waals surface area contributed by atoms with Gasteiger partial charge in [0.15, 0.2) is 0 Å². The van der Waals surface area contributed by atoms with Gasteiger partial charge in [-0.05, 0) is 54.7 Å². The number of hydrogen-bond acceptors (Lipinski definition) is 3. The number of nitrogens with one attached hydrogen (secondary N) is 1. The lowest BCUT2D eigenvalue weighted by Crippen LogP contribution is -2.40. The van der Waals surface area contributed by atoms with E-state index >= 15 is 0 Å². The Morgan fingerprint density at radius 1 is 1.21 bits per heavy atom. The molecule has 3 N–H and O–H groups in total. The van der Waals surface area contributed by atoms with E-state index in [1.54, 1.807) is 12.1 Å². The molecule has 0 bridgehead atoms. The summed E-state index contributed by atoms with van der Waals surface area (Å²) in [5.41, 5.74) is 10.0. The van der Waals surface area contributed by atoms with Gasteiger partial charge in [0, 0.05) is 24.5 Å². The second-order valence-electron chi connectivity index (χ2n) is 6.10. The molecule has 0 unspecified atom stereocenters. The minimum absolute atomic E-state index is 0.00705. The first-order valence-electron chi connectivity index (χ1n) is 8.27. The fourth-order valence-corrected chi connectivity index (χ4v) is 3.12. The first-order valence-corrected chi connectivity index (χ1v) is 8.27. The van der Waals surface area contributed by atoms with Crippen molar-refractivity contribution < 1.29 is 9.18 Å². The average Bonchev–Trinajstić information content (AvgIpc) is 2.58. The Morgan fingerprint density at radius 2 is 2.00 bits per heavy atom. The van der Waals surface area contributed by atoms with E-state index in [1.165, 1.54) is 12.1 Å². The van der Waals surface area contributed by atoms with Crippen LogP contribution in [-0.4, -0.2) is 25.5 Å². The molecule has 2 aromatic rings. The summed E-state index contributed by atoms with van der Waals surface area (Å²) >= 11 is 0. The molecule has 2 aromatic carbocycles. The molecule has 1 aliphatic heterocycles. The summed E-state index contributed by atoms with van der Waals surface area (Å²) in [5, 5.41) is 2.93. The van der Waals surface area contributed by atoms with Gasteiger partial charge in [-0.25, -0.2) is 4.39 Å². The molecule has 0 aromatic heterocycles. The highest BCUT2D eigenvalue weighted by molar-refractivity contribution is 5.82. The summed E-state index contributed by atoms with van der Waals surface area (Å²) < 4.78 is 12.9. The highest BCUT2D eigenvalue weighted by atomic mass is 19.1. The SMILES string of the molecule is Nc1cccc2c1CCCN2CC(=O)NCCc1ccc(F)cc1. The van der Waals surface area contributed by atoms with Crippen LogP contribution in [0.3, 0.4) is 0 Å². The molecule has 0 aliphatic carbocycles. The normalized spacial score (nSPS) is 13.5. The van der Waals surface area contributed by atoms with Crippen molar-refractivity contribution in [2.45, 2.75) is 19.3 Å². The molecule has 1 heterocycles. The highest BCUT2D eigenvalue weighted by Gasteiger charge is 2.20. The Bertz CT molecular complexity index is 715. The highest BCUT2D eigenvalue weighted by Crippen LogP contribution is 2.30. The maximum atomic E-state index is 12.9. The fourth-order valence-electron chi connectivity index (χ4n) is 3.12. The summed E-state index contributed by atoms with van der Waals surface area (Å²) in [6, 6.07) is 12.2. The number of hydrogen-bond donors (Lipinski definition) is 2. The van der Waals surface area contributed by atoms with Gasteiger partial charge in [0.25, 0.3) is 0 Å². The molecule has 1 aliphatic rings. The van der Waals surface area contributed by atoms with Gasteiger partial charge in [-0.15, -0.1) is 0 Å². The second-order valence-corrected chi connectivity index (χ2v) is 6.10. The predicted octanol–water partition coefficient (Wildman–Crippen LogP) is 2.52. The minimum Gasteiger partial charge on any atom is -0.398 e. The molecule has 0 radical (unpaired) electrons. The van der Waals surface area contributed by atoms with Gasteiger partial charge in [-0.2, -0.15) is 0 Å². The average molecular weight is 327 g/mol.